The van der Waals surface area contributed by atoms with E-state index in [4.69, 9.17) is 0 Å². The highest BCUT2D eigenvalue weighted by Gasteiger charge is 2.05. The summed E-state index contributed by atoms with van der Waals surface area (Å²) in [6.07, 6.45) is 8.27. The van der Waals surface area contributed by atoms with Gasteiger partial charge in [0.1, 0.15) is 5.83 Å². The zero-order valence-corrected chi connectivity index (χ0v) is 13.0. The SMILES string of the molecule is C=C(C)/C=C\C(=C)C(=C)/C=C(/F)C(=C)C(=C)/C=C\C(=C)C. The van der Waals surface area contributed by atoms with Crippen LogP contribution in [0.2, 0.25) is 0 Å². The average Bonchev–Trinajstić information content (AvgIpc) is 2.40. The minimum Gasteiger partial charge on any atom is -0.206 e. The molecule has 0 unspecified atom stereocenters. The van der Waals surface area contributed by atoms with Crippen LogP contribution in [0.25, 0.3) is 0 Å². The highest BCUT2D eigenvalue weighted by atomic mass is 19.1. The fraction of sp³-hybridized carbons (Fsp3) is 0.100. The summed E-state index contributed by atoms with van der Waals surface area (Å²) in [6, 6.07) is 0. The second kappa shape index (κ2) is 8.70. The van der Waals surface area contributed by atoms with E-state index in [1.54, 1.807) is 24.3 Å². The molecule has 0 saturated carbocycles. The molecule has 0 aliphatic rings. The fourth-order valence-corrected chi connectivity index (χ4v) is 1.18. The minimum absolute atomic E-state index is 0.213. The van der Waals surface area contributed by atoms with E-state index in [1.807, 2.05) is 13.8 Å². The molecule has 0 aromatic rings. The van der Waals surface area contributed by atoms with Gasteiger partial charge >= 0.3 is 0 Å². The smallest absolute Gasteiger partial charge is 0.131 e. The van der Waals surface area contributed by atoms with E-state index < -0.39 is 5.83 Å². The Hall–Kier alpha value is -2.41. The van der Waals surface area contributed by atoms with E-state index in [0.717, 1.165) is 11.1 Å². The van der Waals surface area contributed by atoms with E-state index in [2.05, 4.69) is 39.5 Å². The Morgan fingerprint density at radius 3 is 1.52 bits per heavy atom. The lowest BCUT2D eigenvalue weighted by Crippen LogP contribution is -1.87. The van der Waals surface area contributed by atoms with Gasteiger partial charge in [-0.2, -0.15) is 0 Å². The standard InChI is InChI=1S/C20H23F/c1-14(2)9-11-16(5)18(7)13-20(21)19(8)17(6)12-10-15(3)4/h9-13H,1,3,5-8H2,2,4H3/b11-9-,12-10-,20-13+. The Morgan fingerprint density at radius 2 is 1.10 bits per heavy atom. The Labute approximate surface area is 128 Å². The molecule has 0 atom stereocenters. The van der Waals surface area contributed by atoms with Gasteiger partial charge in [0.25, 0.3) is 0 Å². The number of rotatable bonds is 8. The zero-order chi connectivity index (χ0) is 16.6. The Morgan fingerprint density at radius 1 is 0.667 bits per heavy atom. The molecule has 0 amide bonds. The first kappa shape index (κ1) is 18.6. The van der Waals surface area contributed by atoms with Crippen LogP contribution in [0.4, 0.5) is 4.39 Å². The van der Waals surface area contributed by atoms with Crippen molar-refractivity contribution < 1.29 is 4.39 Å². The van der Waals surface area contributed by atoms with Crippen molar-refractivity contribution in [3.05, 3.63) is 109 Å². The van der Waals surface area contributed by atoms with Crippen LogP contribution in [0, 0.1) is 0 Å². The van der Waals surface area contributed by atoms with Crippen LogP contribution >= 0.6 is 0 Å². The van der Waals surface area contributed by atoms with Crippen molar-refractivity contribution in [2.24, 2.45) is 0 Å². The maximum atomic E-state index is 14.1. The predicted octanol–water partition coefficient (Wildman–Crippen LogP) is 6.33. The molecule has 0 heterocycles. The second-order valence-corrected chi connectivity index (χ2v) is 4.91. The third kappa shape index (κ3) is 7.68. The maximum absolute atomic E-state index is 14.1. The largest absolute Gasteiger partial charge is 0.206 e. The summed E-state index contributed by atoms with van der Waals surface area (Å²) in [5, 5.41) is 0. The molecule has 0 rings (SSSR count). The normalized spacial score (nSPS) is 11.7. The maximum Gasteiger partial charge on any atom is 0.131 e. The van der Waals surface area contributed by atoms with Gasteiger partial charge in [-0.05, 0) is 36.6 Å². The molecule has 0 saturated heterocycles. The summed E-state index contributed by atoms with van der Waals surface area (Å²) in [5.41, 5.74) is 3.53. The van der Waals surface area contributed by atoms with Crippen LogP contribution in [-0.4, -0.2) is 0 Å². The first-order chi connectivity index (χ1) is 9.65. The lowest BCUT2D eigenvalue weighted by molar-refractivity contribution is 0.655. The molecule has 0 aromatic heterocycles. The topological polar surface area (TPSA) is 0 Å². The summed E-state index contributed by atoms with van der Waals surface area (Å²) in [4.78, 5) is 0. The Kier molecular flexibility index (Phi) is 7.70. The van der Waals surface area contributed by atoms with Gasteiger partial charge in [-0.25, -0.2) is 4.39 Å². The molecular weight excluding hydrogens is 259 g/mol. The van der Waals surface area contributed by atoms with Gasteiger partial charge in [0.2, 0.25) is 0 Å². The summed E-state index contributed by atoms with van der Waals surface area (Å²) in [7, 11) is 0. The second-order valence-electron chi connectivity index (χ2n) is 4.91. The molecule has 21 heavy (non-hydrogen) atoms. The quantitative estimate of drug-likeness (QED) is 0.456. The molecule has 0 fully saturated rings. The highest BCUT2D eigenvalue weighted by Crippen LogP contribution is 2.22. The Balaban J connectivity index is 4.95. The lowest BCUT2D eigenvalue weighted by Gasteiger charge is -2.05. The van der Waals surface area contributed by atoms with Crippen LogP contribution in [0.1, 0.15) is 13.8 Å². The summed E-state index contributed by atoms with van der Waals surface area (Å²) in [5.74, 6) is -0.485. The Bertz CT molecular complexity index is 589. The summed E-state index contributed by atoms with van der Waals surface area (Å²) < 4.78 is 14.1. The van der Waals surface area contributed by atoms with Crippen molar-refractivity contribution in [3.63, 3.8) is 0 Å². The minimum atomic E-state index is -0.485. The van der Waals surface area contributed by atoms with E-state index >= 15 is 0 Å². The molecule has 0 bridgehead atoms. The van der Waals surface area contributed by atoms with Crippen LogP contribution in [-0.2, 0) is 0 Å². The van der Waals surface area contributed by atoms with Gasteiger partial charge < -0.3 is 0 Å². The number of halogens is 1. The third-order valence-electron chi connectivity index (χ3n) is 2.53. The number of hydrogen-bond donors (Lipinski definition) is 0. The van der Waals surface area contributed by atoms with Gasteiger partial charge in [0, 0.05) is 5.57 Å². The molecule has 0 aliphatic carbocycles. The molecular formula is C20H23F. The number of hydrogen-bond acceptors (Lipinski definition) is 0. The fourth-order valence-electron chi connectivity index (χ4n) is 1.18. The van der Waals surface area contributed by atoms with Crippen molar-refractivity contribution in [2.75, 3.05) is 0 Å². The van der Waals surface area contributed by atoms with Crippen molar-refractivity contribution in [1.29, 1.82) is 0 Å². The van der Waals surface area contributed by atoms with E-state index in [-0.39, 0.29) is 5.57 Å². The highest BCUT2D eigenvalue weighted by molar-refractivity contribution is 5.52. The molecule has 0 spiro atoms. The van der Waals surface area contributed by atoms with Crippen LogP contribution in [0.15, 0.2) is 109 Å². The van der Waals surface area contributed by atoms with Crippen molar-refractivity contribution >= 4 is 0 Å². The molecule has 0 aliphatic heterocycles. The molecule has 1 heteroatoms. The van der Waals surface area contributed by atoms with Crippen LogP contribution < -0.4 is 0 Å². The van der Waals surface area contributed by atoms with Crippen molar-refractivity contribution in [2.45, 2.75) is 13.8 Å². The van der Waals surface area contributed by atoms with Crippen molar-refractivity contribution in [1.82, 2.24) is 0 Å². The predicted molar refractivity (Wildman–Crippen MR) is 93.7 cm³/mol. The van der Waals surface area contributed by atoms with Gasteiger partial charge in [0.05, 0.1) is 0 Å². The van der Waals surface area contributed by atoms with E-state index in [0.29, 0.717) is 16.7 Å². The zero-order valence-electron chi connectivity index (χ0n) is 13.0. The van der Waals surface area contributed by atoms with E-state index in [9.17, 15) is 4.39 Å². The monoisotopic (exact) mass is 282 g/mol. The molecule has 0 nitrogen and oxygen atoms in total. The van der Waals surface area contributed by atoms with Gasteiger partial charge in [0.15, 0.2) is 0 Å². The van der Waals surface area contributed by atoms with E-state index in [1.165, 1.54) is 6.08 Å². The average molecular weight is 282 g/mol. The summed E-state index contributed by atoms with van der Waals surface area (Å²) in [6.45, 7) is 26.3. The van der Waals surface area contributed by atoms with Gasteiger partial charge in [-0.3, -0.25) is 0 Å². The summed E-state index contributed by atoms with van der Waals surface area (Å²) >= 11 is 0. The molecule has 0 N–H and O–H groups in total. The van der Waals surface area contributed by atoms with Gasteiger partial charge in [-0.1, -0.05) is 74.9 Å². The molecule has 110 valence electrons. The molecule has 0 radical (unpaired) electrons. The molecule has 0 aromatic carbocycles. The first-order valence-corrected chi connectivity index (χ1v) is 6.46. The number of allylic oxidation sites excluding steroid dienone is 12. The third-order valence-corrected chi connectivity index (χ3v) is 2.53. The van der Waals surface area contributed by atoms with Crippen LogP contribution in [0.3, 0.4) is 0 Å². The lowest BCUT2D eigenvalue weighted by atomic mass is 10.0. The van der Waals surface area contributed by atoms with Crippen molar-refractivity contribution in [3.8, 4) is 0 Å². The van der Waals surface area contributed by atoms with Crippen LogP contribution in [0.5, 0.6) is 0 Å². The van der Waals surface area contributed by atoms with Gasteiger partial charge in [-0.15, -0.1) is 0 Å². The first-order valence-electron chi connectivity index (χ1n) is 6.46.